The van der Waals surface area contributed by atoms with Crippen LogP contribution in [-0.2, 0) is 4.79 Å². The van der Waals surface area contributed by atoms with Crippen molar-refractivity contribution in [2.45, 2.75) is 38.5 Å². The normalized spacial score (nSPS) is 16.0. The van der Waals surface area contributed by atoms with Crippen LogP contribution in [0.2, 0.25) is 0 Å². The fraction of sp³-hybridized carbons (Fsp3) is 0.467. The number of nitrogens with one attached hydrogen (secondary N) is 1. The highest BCUT2D eigenvalue weighted by Gasteiger charge is 2.17. The topological polar surface area (TPSA) is 72.2 Å². The molecule has 4 nitrogen and oxygen atoms in total. The molecule has 0 saturated heterocycles. The van der Waals surface area contributed by atoms with E-state index in [9.17, 15) is 9.59 Å². The van der Waals surface area contributed by atoms with E-state index in [0.717, 1.165) is 12.8 Å². The number of carbonyl (C=O) groups excluding carboxylic acids is 2. The summed E-state index contributed by atoms with van der Waals surface area (Å²) in [6, 6.07) is 6.74. The van der Waals surface area contributed by atoms with Crippen molar-refractivity contribution in [1.82, 2.24) is 0 Å². The average molecular weight is 260 g/mol. The van der Waals surface area contributed by atoms with Crippen LogP contribution in [0.5, 0.6) is 0 Å². The molecule has 19 heavy (non-hydrogen) atoms. The van der Waals surface area contributed by atoms with Gasteiger partial charge in [0, 0.05) is 17.7 Å². The minimum absolute atomic E-state index is 0.0218. The zero-order valence-electron chi connectivity index (χ0n) is 11.0. The van der Waals surface area contributed by atoms with E-state index in [1.807, 2.05) is 0 Å². The van der Waals surface area contributed by atoms with Gasteiger partial charge in [-0.15, -0.1) is 0 Å². The zero-order valence-corrected chi connectivity index (χ0v) is 11.0. The summed E-state index contributed by atoms with van der Waals surface area (Å²) in [5.74, 6) is 0.0463. The molecular weight excluding hydrogens is 240 g/mol. The molecule has 1 aromatic carbocycles. The first-order chi connectivity index (χ1) is 9.15. The van der Waals surface area contributed by atoms with Gasteiger partial charge >= 0.3 is 0 Å². The number of hydrogen-bond acceptors (Lipinski definition) is 2. The van der Waals surface area contributed by atoms with E-state index in [0.29, 0.717) is 23.6 Å². The zero-order chi connectivity index (χ0) is 13.7. The van der Waals surface area contributed by atoms with Gasteiger partial charge in [0.25, 0.3) is 0 Å². The molecule has 0 bridgehead atoms. The van der Waals surface area contributed by atoms with Gasteiger partial charge in [0.15, 0.2) is 0 Å². The monoisotopic (exact) mass is 260 g/mol. The van der Waals surface area contributed by atoms with Crippen LogP contribution >= 0.6 is 0 Å². The standard InChI is InChI=1S/C15H20N2O2/c16-15(19)12-7-4-8-13(10-12)17-14(18)9-11-5-2-1-3-6-11/h4,7-8,10-11H,1-3,5-6,9H2,(H2,16,19)(H,17,18). The van der Waals surface area contributed by atoms with Gasteiger partial charge in [-0.2, -0.15) is 0 Å². The third kappa shape index (κ3) is 4.09. The van der Waals surface area contributed by atoms with Crippen molar-refractivity contribution in [2.24, 2.45) is 11.7 Å². The number of benzene rings is 1. The van der Waals surface area contributed by atoms with E-state index < -0.39 is 5.91 Å². The quantitative estimate of drug-likeness (QED) is 0.873. The maximum Gasteiger partial charge on any atom is 0.248 e. The molecule has 1 fully saturated rings. The molecule has 2 amide bonds. The van der Waals surface area contributed by atoms with E-state index in [1.54, 1.807) is 24.3 Å². The smallest absolute Gasteiger partial charge is 0.248 e. The third-order valence-electron chi connectivity index (χ3n) is 3.63. The first-order valence-electron chi connectivity index (χ1n) is 6.85. The van der Waals surface area contributed by atoms with Gasteiger partial charge in [-0.05, 0) is 37.0 Å². The lowest BCUT2D eigenvalue weighted by molar-refractivity contribution is -0.117. The summed E-state index contributed by atoms with van der Waals surface area (Å²) >= 11 is 0. The largest absolute Gasteiger partial charge is 0.366 e. The fourth-order valence-electron chi connectivity index (χ4n) is 2.62. The lowest BCUT2D eigenvalue weighted by atomic mass is 9.87. The Morgan fingerprint density at radius 1 is 1.21 bits per heavy atom. The number of carbonyl (C=O) groups is 2. The molecule has 1 aliphatic carbocycles. The number of hydrogen-bond donors (Lipinski definition) is 2. The second-order valence-corrected chi connectivity index (χ2v) is 5.20. The van der Waals surface area contributed by atoms with Gasteiger partial charge in [-0.3, -0.25) is 9.59 Å². The third-order valence-corrected chi connectivity index (χ3v) is 3.63. The molecule has 0 aliphatic heterocycles. The van der Waals surface area contributed by atoms with Gasteiger partial charge in [0.05, 0.1) is 0 Å². The summed E-state index contributed by atoms with van der Waals surface area (Å²) in [4.78, 5) is 23.0. The van der Waals surface area contributed by atoms with Crippen LogP contribution in [0.15, 0.2) is 24.3 Å². The maximum atomic E-state index is 11.9. The molecule has 0 radical (unpaired) electrons. The maximum absolute atomic E-state index is 11.9. The Bertz CT molecular complexity index is 465. The minimum Gasteiger partial charge on any atom is -0.366 e. The molecule has 2 rings (SSSR count). The van der Waals surface area contributed by atoms with Crippen molar-refractivity contribution in [3.8, 4) is 0 Å². The molecule has 3 N–H and O–H groups in total. The summed E-state index contributed by atoms with van der Waals surface area (Å²) in [7, 11) is 0. The second kappa shape index (κ2) is 6.36. The van der Waals surface area contributed by atoms with Crippen LogP contribution in [0.3, 0.4) is 0 Å². The number of amides is 2. The van der Waals surface area contributed by atoms with Crippen molar-refractivity contribution in [2.75, 3.05) is 5.32 Å². The van der Waals surface area contributed by atoms with E-state index >= 15 is 0 Å². The lowest BCUT2D eigenvalue weighted by Crippen LogP contribution is -2.18. The molecule has 1 aromatic rings. The lowest BCUT2D eigenvalue weighted by Gasteiger charge is -2.20. The van der Waals surface area contributed by atoms with Crippen LogP contribution < -0.4 is 11.1 Å². The molecule has 1 saturated carbocycles. The molecule has 102 valence electrons. The van der Waals surface area contributed by atoms with Crippen LogP contribution in [0.4, 0.5) is 5.69 Å². The van der Waals surface area contributed by atoms with Gasteiger partial charge < -0.3 is 11.1 Å². The minimum atomic E-state index is -0.483. The van der Waals surface area contributed by atoms with Crippen molar-refractivity contribution in [3.05, 3.63) is 29.8 Å². The number of primary amides is 1. The Morgan fingerprint density at radius 2 is 1.95 bits per heavy atom. The highest BCUT2D eigenvalue weighted by Crippen LogP contribution is 2.26. The summed E-state index contributed by atoms with van der Waals surface area (Å²) in [5.41, 5.74) is 6.26. The Hall–Kier alpha value is -1.84. The van der Waals surface area contributed by atoms with Crippen LogP contribution in [-0.4, -0.2) is 11.8 Å². The van der Waals surface area contributed by atoms with Crippen LogP contribution in [0.25, 0.3) is 0 Å². The first kappa shape index (κ1) is 13.6. The van der Waals surface area contributed by atoms with E-state index in [-0.39, 0.29) is 5.91 Å². The Labute approximate surface area is 113 Å². The number of anilines is 1. The molecular formula is C15H20N2O2. The molecule has 1 aliphatic rings. The van der Waals surface area contributed by atoms with Crippen LogP contribution in [0.1, 0.15) is 48.9 Å². The first-order valence-corrected chi connectivity index (χ1v) is 6.85. The average Bonchev–Trinajstić information content (AvgIpc) is 2.40. The Balaban J connectivity index is 1.90. The van der Waals surface area contributed by atoms with Crippen molar-refractivity contribution >= 4 is 17.5 Å². The van der Waals surface area contributed by atoms with E-state index in [4.69, 9.17) is 5.73 Å². The molecule has 0 aromatic heterocycles. The van der Waals surface area contributed by atoms with Crippen molar-refractivity contribution in [3.63, 3.8) is 0 Å². The van der Waals surface area contributed by atoms with Crippen LogP contribution in [0, 0.1) is 5.92 Å². The van der Waals surface area contributed by atoms with Gasteiger partial charge in [0.2, 0.25) is 11.8 Å². The summed E-state index contributed by atoms with van der Waals surface area (Å²) in [5, 5.41) is 2.84. The number of rotatable bonds is 4. The second-order valence-electron chi connectivity index (χ2n) is 5.20. The summed E-state index contributed by atoms with van der Waals surface area (Å²) in [6.45, 7) is 0. The predicted molar refractivity (Wildman–Crippen MR) is 74.8 cm³/mol. The molecule has 0 atom stereocenters. The van der Waals surface area contributed by atoms with E-state index in [1.165, 1.54) is 19.3 Å². The van der Waals surface area contributed by atoms with Gasteiger partial charge in [-0.25, -0.2) is 0 Å². The molecule has 0 unspecified atom stereocenters. The van der Waals surface area contributed by atoms with Gasteiger partial charge in [-0.1, -0.05) is 25.3 Å². The SMILES string of the molecule is NC(=O)c1cccc(NC(=O)CC2CCCCC2)c1. The Kier molecular flexibility index (Phi) is 4.55. The predicted octanol–water partition coefficient (Wildman–Crippen LogP) is 2.69. The highest BCUT2D eigenvalue weighted by molar-refractivity contribution is 5.96. The molecule has 0 spiro atoms. The Morgan fingerprint density at radius 3 is 2.63 bits per heavy atom. The number of nitrogens with two attached hydrogens (primary N) is 1. The van der Waals surface area contributed by atoms with Gasteiger partial charge in [0.1, 0.15) is 0 Å². The summed E-state index contributed by atoms with van der Waals surface area (Å²) in [6.07, 6.45) is 6.62. The summed E-state index contributed by atoms with van der Waals surface area (Å²) < 4.78 is 0. The molecule has 0 heterocycles. The van der Waals surface area contributed by atoms with E-state index in [2.05, 4.69) is 5.32 Å². The van der Waals surface area contributed by atoms with Crippen molar-refractivity contribution < 1.29 is 9.59 Å². The highest BCUT2D eigenvalue weighted by atomic mass is 16.2. The molecule has 4 heteroatoms. The van der Waals surface area contributed by atoms with Crippen molar-refractivity contribution in [1.29, 1.82) is 0 Å². The fourth-order valence-corrected chi connectivity index (χ4v) is 2.62.